The van der Waals surface area contributed by atoms with E-state index < -0.39 is 0 Å². The Morgan fingerprint density at radius 1 is 1.35 bits per heavy atom. The van der Waals surface area contributed by atoms with Crippen LogP contribution in [0.3, 0.4) is 0 Å². The van der Waals surface area contributed by atoms with Crippen LogP contribution in [0.4, 0.5) is 5.82 Å². The fourth-order valence-electron chi connectivity index (χ4n) is 2.81. The first-order valence-corrected chi connectivity index (χ1v) is 8.02. The summed E-state index contributed by atoms with van der Waals surface area (Å²) in [5.41, 5.74) is 1.02. The van der Waals surface area contributed by atoms with Crippen LogP contribution in [0.15, 0.2) is 23.7 Å². The Morgan fingerprint density at radius 2 is 2.15 bits per heavy atom. The maximum Gasteiger partial charge on any atom is 0.267 e. The molecular formula is C15H19N3OS. The number of anilines is 1. The predicted molar refractivity (Wildman–Crippen MR) is 81.4 cm³/mol. The third kappa shape index (κ3) is 2.63. The summed E-state index contributed by atoms with van der Waals surface area (Å²) in [6, 6.07) is 4.28. The van der Waals surface area contributed by atoms with Crippen molar-refractivity contribution in [3.05, 3.63) is 34.2 Å². The Kier molecular flexibility index (Phi) is 3.87. The molecule has 0 bridgehead atoms. The highest BCUT2D eigenvalue weighted by Crippen LogP contribution is 2.30. The van der Waals surface area contributed by atoms with Gasteiger partial charge in [-0.05, 0) is 36.8 Å². The molecule has 0 aliphatic heterocycles. The molecule has 0 saturated heterocycles. The molecule has 1 amide bonds. The number of carbonyl (C=O) groups excluding carboxylic acids is 1. The average molecular weight is 289 g/mol. The Hall–Kier alpha value is -1.62. The third-order valence-corrected chi connectivity index (χ3v) is 4.92. The van der Waals surface area contributed by atoms with Crippen molar-refractivity contribution in [1.82, 2.24) is 9.78 Å². The second-order valence-corrected chi connectivity index (χ2v) is 6.26. The number of thiophene rings is 1. The number of carbonyl (C=O) groups is 1. The molecule has 2 heterocycles. The largest absolute Gasteiger partial charge is 0.306 e. The van der Waals surface area contributed by atoms with Crippen LogP contribution in [0.5, 0.6) is 0 Å². The molecule has 5 heteroatoms. The lowest BCUT2D eigenvalue weighted by atomic mass is 9.96. The molecule has 1 aliphatic rings. The smallest absolute Gasteiger partial charge is 0.267 e. The van der Waals surface area contributed by atoms with Gasteiger partial charge in [0.15, 0.2) is 0 Å². The lowest BCUT2D eigenvalue weighted by molar-refractivity contribution is 0.102. The fraction of sp³-hybridized carbons (Fsp3) is 0.467. The maximum atomic E-state index is 12.3. The molecule has 1 saturated carbocycles. The molecule has 0 unspecified atom stereocenters. The van der Waals surface area contributed by atoms with Crippen LogP contribution < -0.4 is 5.32 Å². The molecule has 4 nitrogen and oxygen atoms in total. The summed E-state index contributed by atoms with van der Waals surface area (Å²) in [5, 5.41) is 9.35. The number of rotatable bonds is 3. The van der Waals surface area contributed by atoms with Crippen LogP contribution in [-0.2, 0) is 0 Å². The zero-order valence-corrected chi connectivity index (χ0v) is 12.4. The molecule has 20 heavy (non-hydrogen) atoms. The third-order valence-electron chi connectivity index (χ3n) is 3.90. The van der Waals surface area contributed by atoms with E-state index in [2.05, 4.69) is 10.4 Å². The Morgan fingerprint density at radius 3 is 2.85 bits per heavy atom. The van der Waals surface area contributed by atoms with Crippen molar-refractivity contribution >= 4 is 23.1 Å². The summed E-state index contributed by atoms with van der Waals surface area (Å²) in [7, 11) is 0. The molecule has 0 radical (unpaired) electrons. The van der Waals surface area contributed by atoms with Gasteiger partial charge in [0.05, 0.1) is 17.1 Å². The van der Waals surface area contributed by atoms with Crippen molar-refractivity contribution in [3.63, 3.8) is 0 Å². The molecule has 0 aromatic carbocycles. The first-order valence-electron chi connectivity index (χ1n) is 7.14. The van der Waals surface area contributed by atoms with E-state index in [1.807, 2.05) is 29.1 Å². The molecule has 0 atom stereocenters. The minimum atomic E-state index is -0.0324. The summed E-state index contributed by atoms with van der Waals surface area (Å²) in [6.45, 7) is 1.96. The van der Waals surface area contributed by atoms with E-state index in [-0.39, 0.29) is 5.91 Å². The van der Waals surface area contributed by atoms with Gasteiger partial charge in [0.1, 0.15) is 5.82 Å². The standard InChI is InChI=1S/C15H19N3OS/c1-11-8-10-20-14(11)15(19)17-13-7-9-16-18(13)12-5-3-2-4-6-12/h7-10,12H,2-6H2,1H3,(H,17,19). The second-order valence-electron chi connectivity index (χ2n) is 5.34. The Balaban J connectivity index is 1.76. The summed E-state index contributed by atoms with van der Waals surface area (Å²) >= 11 is 1.48. The minimum absolute atomic E-state index is 0.0324. The Bertz CT molecular complexity index is 596. The molecule has 3 rings (SSSR count). The fourth-order valence-corrected chi connectivity index (χ4v) is 3.63. The summed E-state index contributed by atoms with van der Waals surface area (Å²) in [5.74, 6) is 0.782. The van der Waals surface area contributed by atoms with Crippen molar-refractivity contribution in [1.29, 1.82) is 0 Å². The zero-order chi connectivity index (χ0) is 13.9. The zero-order valence-electron chi connectivity index (χ0n) is 11.6. The van der Waals surface area contributed by atoms with E-state index >= 15 is 0 Å². The number of hydrogen-bond acceptors (Lipinski definition) is 3. The highest BCUT2D eigenvalue weighted by atomic mass is 32.1. The van der Waals surface area contributed by atoms with Gasteiger partial charge in [0.2, 0.25) is 0 Å². The molecule has 0 spiro atoms. The highest BCUT2D eigenvalue weighted by molar-refractivity contribution is 7.12. The SMILES string of the molecule is Cc1ccsc1C(=O)Nc1ccnn1C1CCCCC1. The number of hydrogen-bond donors (Lipinski definition) is 1. The van der Waals surface area contributed by atoms with Crippen molar-refractivity contribution < 1.29 is 4.79 Å². The van der Waals surface area contributed by atoms with Crippen molar-refractivity contribution in [3.8, 4) is 0 Å². The molecule has 1 N–H and O–H groups in total. The van der Waals surface area contributed by atoms with E-state index in [1.54, 1.807) is 6.20 Å². The van der Waals surface area contributed by atoms with E-state index in [9.17, 15) is 4.79 Å². The lowest BCUT2D eigenvalue weighted by Gasteiger charge is -2.23. The van der Waals surface area contributed by atoms with Gasteiger partial charge in [-0.1, -0.05) is 19.3 Å². The van der Waals surface area contributed by atoms with Gasteiger partial charge in [0, 0.05) is 6.07 Å². The highest BCUT2D eigenvalue weighted by Gasteiger charge is 2.20. The molecular weight excluding hydrogens is 270 g/mol. The quantitative estimate of drug-likeness (QED) is 0.928. The van der Waals surface area contributed by atoms with Crippen molar-refractivity contribution in [2.24, 2.45) is 0 Å². The van der Waals surface area contributed by atoms with Crippen LogP contribution in [0.25, 0.3) is 0 Å². The number of amides is 1. The molecule has 1 fully saturated rings. The van der Waals surface area contributed by atoms with Gasteiger partial charge in [-0.3, -0.25) is 4.79 Å². The summed E-state index contributed by atoms with van der Waals surface area (Å²) in [4.78, 5) is 13.1. The van der Waals surface area contributed by atoms with Gasteiger partial charge >= 0.3 is 0 Å². The predicted octanol–water partition coefficient (Wildman–Crippen LogP) is 4.01. The van der Waals surface area contributed by atoms with Crippen LogP contribution in [0, 0.1) is 6.92 Å². The van der Waals surface area contributed by atoms with Crippen molar-refractivity contribution in [2.45, 2.75) is 45.1 Å². The van der Waals surface area contributed by atoms with Crippen LogP contribution in [0.2, 0.25) is 0 Å². The minimum Gasteiger partial charge on any atom is -0.306 e. The second kappa shape index (κ2) is 5.79. The number of aromatic nitrogens is 2. The van der Waals surface area contributed by atoms with Gasteiger partial charge in [-0.2, -0.15) is 5.10 Å². The lowest BCUT2D eigenvalue weighted by Crippen LogP contribution is -2.20. The van der Waals surface area contributed by atoms with E-state index in [0.29, 0.717) is 6.04 Å². The maximum absolute atomic E-state index is 12.3. The van der Waals surface area contributed by atoms with E-state index in [0.717, 1.165) is 29.1 Å². The first kappa shape index (κ1) is 13.4. The monoisotopic (exact) mass is 289 g/mol. The molecule has 2 aromatic rings. The first-order chi connectivity index (χ1) is 9.75. The van der Waals surface area contributed by atoms with Gasteiger partial charge in [0.25, 0.3) is 5.91 Å². The van der Waals surface area contributed by atoms with Crippen molar-refractivity contribution in [2.75, 3.05) is 5.32 Å². The average Bonchev–Trinajstić information content (AvgIpc) is 3.08. The van der Waals surface area contributed by atoms with E-state index in [1.165, 1.54) is 30.6 Å². The van der Waals surface area contributed by atoms with Crippen LogP contribution in [0.1, 0.15) is 53.4 Å². The van der Waals surface area contributed by atoms with Gasteiger partial charge in [-0.25, -0.2) is 4.68 Å². The molecule has 1 aliphatic carbocycles. The topological polar surface area (TPSA) is 46.9 Å². The summed E-state index contributed by atoms with van der Waals surface area (Å²) < 4.78 is 1.99. The number of nitrogens with one attached hydrogen (secondary N) is 1. The Labute approximate surface area is 122 Å². The molecule has 106 valence electrons. The number of nitrogens with zero attached hydrogens (tertiary/aromatic N) is 2. The van der Waals surface area contributed by atoms with Crippen LogP contribution in [-0.4, -0.2) is 15.7 Å². The van der Waals surface area contributed by atoms with E-state index in [4.69, 9.17) is 0 Å². The summed E-state index contributed by atoms with van der Waals surface area (Å²) in [6.07, 6.45) is 7.90. The molecule has 2 aromatic heterocycles. The number of aryl methyl sites for hydroxylation is 1. The normalized spacial score (nSPS) is 16.2. The van der Waals surface area contributed by atoms with Gasteiger partial charge in [-0.15, -0.1) is 11.3 Å². The van der Waals surface area contributed by atoms with Crippen LogP contribution >= 0.6 is 11.3 Å². The van der Waals surface area contributed by atoms with Gasteiger partial charge < -0.3 is 5.32 Å².